The van der Waals surface area contributed by atoms with Crippen molar-refractivity contribution in [3.63, 3.8) is 0 Å². The van der Waals surface area contributed by atoms with Gasteiger partial charge in [-0.2, -0.15) is 0 Å². The number of fused-ring (bicyclic) bond motifs is 1. The molecule has 0 unspecified atom stereocenters. The fourth-order valence-corrected chi connectivity index (χ4v) is 2.27. The molecule has 92 valence electrons. The molecular formula is C18H20. The molecule has 0 aromatic heterocycles. The number of rotatable bonds is 1. The van der Waals surface area contributed by atoms with E-state index in [2.05, 4.69) is 30.8 Å². The van der Waals surface area contributed by atoms with Crippen molar-refractivity contribution in [1.29, 1.82) is 0 Å². The van der Waals surface area contributed by atoms with Crippen LogP contribution >= 0.6 is 0 Å². The molecule has 0 fully saturated rings. The van der Waals surface area contributed by atoms with Crippen molar-refractivity contribution in [3.05, 3.63) is 77.9 Å². The Hall–Kier alpha value is -1.82. The van der Waals surface area contributed by atoms with Crippen molar-refractivity contribution in [2.75, 3.05) is 0 Å². The number of benzene rings is 2. The molecule has 0 saturated carbocycles. The van der Waals surface area contributed by atoms with E-state index >= 15 is 0 Å². The molecule has 0 saturated heterocycles. The normalized spacial score (nSPS) is 12.9. The summed E-state index contributed by atoms with van der Waals surface area (Å²) in [4.78, 5) is 0. The molecule has 3 rings (SSSR count). The van der Waals surface area contributed by atoms with Crippen LogP contribution in [0.2, 0.25) is 0 Å². The van der Waals surface area contributed by atoms with Crippen molar-refractivity contribution >= 4 is 6.08 Å². The molecule has 0 nitrogen and oxygen atoms in total. The minimum absolute atomic E-state index is 1.17. The van der Waals surface area contributed by atoms with Gasteiger partial charge in [-0.15, -0.1) is 0 Å². The zero-order chi connectivity index (χ0) is 12.6. The van der Waals surface area contributed by atoms with E-state index in [9.17, 15) is 0 Å². The van der Waals surface area contributed by atoms with Crippen LogP contribution in [0.4, 0.5) is 0 Å². The lowest BCUT2D eigenvalue weighted by Crippen LogP contribution is -2.00. The zero-order valence-corrected chi connectivity index (χ0v) is 10.8. The van der Waals surface area contributed by atoms with Gasteiger partial charge < -0.3 is 0 Å². The Kier molecular flexibility index (Phi) is 4.78. The SMILES string of the molecule is C=Cc1ccccc1.c1ccc2c(c1)CCCC2. The van der Waals surface area contributed by atoms with Gasteiger partial charge >= 0.3 is 0 Å². The van der Waals surface area contributed by atoms with Crippen LogP contribution in [0.3, 0.4) is 0 Å². The predicted molar refractivity (Wildman–Crippen MR) is 79.6 cm³/mol. The van der Waals surface area contributed by atoms with E-state index in [4.69, 9.17) is 0 Å². The van der Waals surface area contributed by atoms with Crippen LogP contribution in [-0.2, 0) is 12.8 Å². The molecular weight excluding hydrogens is 216 g/mol. The summed E-state index contributed by atoms with van der Waals surface area (Å²) >= 11 is 0. The lowest BCUT2D eigenvalue weighted by Gasteiger charge is -2.13. The highest BCUT2D eigenvalue weighted by atomic mass is 14.1. The molecule has 2 aromatic rings. The Balaban J connectivity index is 0.000000138. The third-order valence-electron chi connectivity index (χ3n) is 3.30. The molecule has 0 spiro atoms. The van der Waals surface area contributed by atoms with E-state index in [1.165, 1.54) is 31.2 Å². The lowest BCUT2D eigenvalue weighted by molar-refractivity contribution is 0.685. The summed E-state index contributed by atoms with van der Waals surface area (Å²) in [5.41, 5.74) is 4.33. The Morgan fingerprint density at radius 3 is 1.67 bits per heavy atom. The van der Waals surface area contributed by atoms with Crippen LogP contribution in [0.5, 0.6) is 0 Å². The fourth-order valence-electron chi connectivity index (χ4n) is 2.27. The van der Waals surface area contributed by atoms with Crippen LogP contribution in [0.1, 0.15) is 29.5 Å². The van der Waals surface area contributed by atoms with Crippen LogP contribution in [0.25, 0.3) is 6.08 Å². The fraction of sp³-hybridized carbons (Fsp3) is 0.222. The first-order chi connectivity index (χ1) is 8.90. The molecule has 18 heavy (non-hydrogen) atoms. The molecule has 0 bridgehead atoms. The van der Waals surface area contributed by atoms with Gasteiger partial charge in [0.05, 0.1) is 0 Å². The number of aryl methyl sites for hydroxylation is 2. The lowest BCUT2D eigenvalue weighted by atomic mass is 9.92. The van der Waals surface area contributed by atoms with Gasteiger partial charge in [0.1, 0.15) is 0 Å². The van der Waals surface area contributed by atoms with Gasteiger partial charge in [-0.3, -0.25) is 0 Å². The highest BCUT2D eigenvalue weighted by Crippen LogP contribution is 2.19. The van der Waals surface area contributed by atoms with Crippen LogP contribution in [0.15, 0.2) is 61.2 Å². The minimum atomic E-state index is 1.17. The average Bonchev–Trinajstić information content (AvgIpc) is 2.49. The summed E-state index contributed by atoms with van der Waals surface area (Å²) < 4.78 is 0. The molecule has 1 aliphatic rings. The van der Waals surface area contributed by atoms with Gasteiger partial charge in [-0.1, -0.05) is 67.3 Å². The van der Waals surface area contributed by atoms with Crippen molar-refractivity contribution in [3.8, 4) is 0 Å². The molecule has 0 amide bonds. The molecule has 0 heterocycles. The van der Waals surface area contributed by atoms with E-state index in [0.29, 0.717) is 0 Å². The van der Waals surface area contributed by atoms with E-state index in [-0.39, 0.29) is 0 Å². The highest BCUT2D eigenvalue weighted by molar-refractivity contribution is 5.45. The standard InChI is InChI=1S/C10H12.C8H8/c1-2-6-10-8-4-3-7-9(10)5-1;1-2-8-6-4-3-5-7-8/h1-2,5-6H,3-4,7-8H2;2-7H,1H2. The molecule has 0 radical (unpaired) electrons. The van der Waals surface area contributed by atoms with Gasteiger partial charge in [0.25, 0.3) is 0 Å². The second-order valence-corrected chi connectivity index (χ2v) is 4.59. The maximum atomic E-state index is 3.63. The Labute approximate surface area is 110 Å². The molecule has 0 N–H and O–H groups in total. The maximum absolute atomic E-state index is 3.63. The van der Waals surface area contributed by atoms with Gasteiger partial charge in [-0.25, -0.2) is 0 Å². The summed E-state index contributed by atoms with van der Waals surface area (Å²) in [6, 6.07) is 18.8. The van der Waals surface area contributed by atoms with Crippen molar-refractivity contribution in [2.45, 2.75) is 25.7 Å². The molecule has 1 aliphatic carbocycles. The number of hydrogen-bond donors (Lipinski definition) is 0. The molecule has 0 heteroatoms. The van der Waals surface area contributed by atoms with Crippen LogP contribution in [0, 0.1) is 0 Å². The maximum Gasteiger partial charge on any atom is -0.0263 e. The van der Waals surface area contributed by atoms with E-state index in [0.717, 1.165) is 0 Å². The second kappa shape index (κ2) is 6.80. The summed E-state index contributed by atoms with van der Waals surface area (Å²) in [5, 5.41) is 0. The second-order valence-electron chi connectivity index (χ2n) is 4.59. The molecule has 0 aliphatic heterocycles. The Bertz CT molecular complexity index is 457. The minimum Gasteiger partial charge on any atom is -0.0985 e. The van der Waals surface area contributed by atoms with Crippen molar-refractivity contribution in [1.82, 2.24) is 0 Å². The summed E-state index contributed by atoms with van der Waals surface area (Å²) in [5.74, 6) is 0. The summed E-state index contributed by atoms with van der Waals surface area (Å²) in [7, 11) is 0. The van der Waals surface area contributed by atoms with Gasteiger partial charge in [-0.05, 0) is 42.4 Å². The van der Waals surface area contributed by atoms with Crippen molar-refractivity contribution in [2.24, 2.45) is 0 Å². The van der Waals surface area contributed by atoms with E-state index in [1.54, 1.807) is 11.1 Å². The number of hydrogen-bond acceptors (Lipinski definition) is 0. The Morgan fingerprint density at radius 1 is 0.722 bits per heavy atom. The zero-order valence-electron chi connectivity index (χ0n) is 10.8. The average molecular weight is 236 g/mol. The van der Waals surface area contributed by atoms with E-state index < -0.39 is 0 Å². The van der Waals surface area contributed by atoms with Gasteiger partial charge in [0.2, 0.25) is 0 Å². The van der Waals surface area contributed by atoms with Gasteiger partial charge in [0, 0.05) is 0 Å². The topological polar surface area (TPSA) is 0 Å². The third-order valence-corrected chi connectivity index (χ3v) is 3.30. The predicted octanol–water partition coefficient (Wildman–Crippen LogP) is 4.90. The van der Waals surface area contributed by atoms with Gasteiger partial charge in [0.15, 0.2) is 0 Å². The monoisotopic (exact) mass is 236 g/mol. The first-order valence-electron chi connectivity index (χ1n) is 6.64. The molecule has 0 atom stereocenters. The molecule has 2 aromatic carbocycles. The first kappa shape index (κ1) is 12.6. The van der Waals surface area contributed by atoms with Crippen LogP contribution < -0.4 is 0 Å². The quantitative estimate of drug-likeness (QED) is 0.661. The first-order valence-corrected chi connectivity index (χ1v) is 6.64. The smallest absolute Gasteiger partial charge is 0.0263 e. The third kappa shape index (κ3) is 3.59. The largest absolute Gasteiger partial charge is 0.0985 e. The van der Waals surface area contributed by atoms with E-state index in [1.807, 2.05) is 36.4 Å². The summed E-state index contributed by atoms with van der Waals surface area (Å²) in [6.07, 6.45) is 7.21. The van der Waals surface area contributed by atoms with Crippen molar-refractivity contribution < 1.29 is 0 Å². The highest BCUT2D eigenvalue weighted by Gasteiger charge is 2.05. The summed E-state index contributed by atoms with van der Waals surface area (Å²) in [6.45, 7) is 3.63. The Morgan fingerprint density at radius 2 is 1.22 bits per heavy atom. The van der Waals surface area contributed by atoms with Crippen LogP contribution in [-0.4, -0.2) is 0 Å².